The van der Waals surface area contributed by atoms with Crippen LogP contribution in [0, 0.1) is 13.8 Å². The van der Waals surface area contributed by atoms with Crippen molar-refractivity contribution in [1.29, 1.82) is 0 Å². The van der Waals surface area contributed by atoms with Gasteiger partial charge in [0.2, 0.25) is 10.0 Å². The van der Waals surface area contributed by atoms with Crippen molar-refractivity contribution >= 4 is 16.0 Å². The zero-order valence-electron chi connectivity index (χ0n) is 11.7. The molecule has 1 atom stereocenters. The lowest BCUT2D eigenvalue weighted by Crippen LogP contribution is -2.47. The molecule has 5 nitrogen and oxygen atoms in total. The molecule has 0 unspecified atom stereocenters. The predicted molar refractivity (Wildman–Crippen MR) is 75.1 cm³/mol. The van der Waals surface area contributed by atoms with Gasteiger partial charge in [0.1, 0.15) is 6.04 Å². The second kappa shape index (κ2) is 5.54. The van der Waals surface area contributed by atoms with Crippen LogP contribution in [-0.2, 0) is 14.8 Å². The van der Waals surface area contributed by atoms with Crippen molar-refractivity contribution in [1.82, 2.24) is 4.31 Å². The Bertz CT molecular complexity index is 624. The van der Waals surface area contributed by atoms with E-state index >= 15 is 0 Å². The molecule has 1 saturated heterocycles. The number of benzene rings is 1. The summed E-state index contributed by atoms with van der Waals surface area (Å²) in [5.41, 5.74) is 1.63. The number of piperidine rings is 1. The molecule has 1 aromatic rings. The van der Waals surface area contributed by atoms with Gasteiger partial charge in [-0.15, -0.1) is 0 Å². The summed E-state index contributed by atoms with van der Waals surface area (Å²) in [6.07, 6.45) is 1.82. The Kier molecular flexibility index (Phi) is 4.15. The van der Waals surface area contributed by atoms with Crippen LogP contribution in [0.2, 0.25) is 0 Å². The van der Waals surface area contributed by atoms with Gasteiger partial charge in [-0.1, -0.05) is 17.7 Å². The lowest BCUT2D eigenvalue weighted by molar-refractivity contribution is -0.142. The number of carbonyl (C=O) groups is 1. The molecule has 110 valence electrons. The molecule has 1 aliphatic rings. The zero-order chi connectivity index (χ0) is 14.9. The summed E-state index contributed by atoms with van der Waals surface area (Å²) in [6.45, 7) is 3.90. The van der Waals surface area contributed by atoms with E-state index in [-0.39, 0.29) is 11.4 Å². The van der Waals surface area contributed by atoms with Gasteiger partial charge < -0.3 is 5.11 Å². The minimum atomic E-state index is -3.75. The maximum atomic E-state index is 12.7. The number of aryl methyl sites for hydroxylation is 2. The minimum absolute atomic E-state index is 0.205. The fraction of sp³-hybridized carbons (Fsp3) is 0.500. The number of carboxylic acids is 1. The number of hydrogen-bond acceptors (Lipinski definition) is 3. The molecule has 0 aliphatic carbocycles. The number of sulfonamides is 1. The fourth-order valence-corrected chi connectivity index (χ4v) is 4.51. The molecule has 1 N–H and O–H groups in total. The van der Waals surface area contributed by atoms with Gasteiger partial charge in [-0.2, -0.15) is 4.31 Å². The van der Waals surface area contributed by atoms with Gasteiger partial charge in [-0.25, -0.2) is 8.42 Å². The average Bonchev–Trinajstić information content (AvgIpc) is 2.38. The quantitative estimate of drug-likeness (QED) is 0.925. The molecule has 0 radical (unpaired) electrons. The highest BCUT2D eigenvalue weighted by molar-refractivity contribution is 7.89. The second-order valence-electron chi connectivity index (χ2n) is 5.23. The van der Waals surface area contributed by atoms with Crippen LogP contribution < -0.4 is 0 Å². The summed E-state index contributed by atoms with van der Waals surface area (Å²) in [7, 11) is -3.75. The van der Waals surface area contributed by atoms with Crippen molar-refractivity contribution in [2.75, 3.05) is 6.54 Å². The van der Waals surface area contributed by atoms with Crippen molar-refractivity contribution in [2.24, 2.45) is 0 Å². The third-order valence-electron chi connectivity index (χ3n) is 3.66. The van der Waals surface area contributed by atoms with Gasteiger partial charge in [-0.3, -0.25) is 4.79 Å². The van der Waals surface area contributed by atoms with Gasteiger partial charge in [0.15, 0.2) is 0 Å². The Morgan fingerprint density at radius 1 is 1.30 bits per heavy atom. The highest BCUT2D eigenvalue weighted by atomic mass is 32.2. The van der Waals surface area contributed by atoms with Crippen LogP contribution in [0.15, 0.2) is 23.1 Å². The predicted octanol–water partition coefficient (Wildman–Crippen LogP) is 1.93. The number of hydrogen-bond donors (Lipinski definition) is 1. The van der Waals surface area contributed by atoms with Crippen LogP contribution in [-0.4, -0.2) is 36.4 Å². The lowest BCUT2D eigenvalue weighted by Gasteiger charge is -2.32. The monoisotopic (exact) mass is 297 g/mol. The lowest BCUT2D eigenvalue weighted by atomic mass is 10.1. The number of nitrogens with zero attached hydrogens (tertiary/aromatic N) is 1. The molecule has 1 aromatic carbocycles. The van der Waals surface area contributed by atoms with Crippen molar-refractivity contribution in [3.05, 3.63) is 29.3 Å². The molecule has 0 spiro atoms. The molecule has 0 saturated carbocycles. The normalized spacial score (nSPS) is 20.8. The largest absolute Gasteiger partial charge is 0.480 e. The Labute approximate surface area is 119 Å². The molecule has 6 heteroatoms. The van der Waals surface area contributed by atoms with E-state index in [0.29, 0.717) is 18.4 Å². The first-order chi connectivity index (χ1) is 9.34. The third-order valence-corrected chi connectivity index (χ3v) is 5.72. The smallest absolute Gasteiger partial charge is 0.322 e. The molecule has 2 rings (SSSR count). The van der Waals surface area contributed by atoms with Gasteiger partial charge in [0.25, 0.3) is 0 Å². The molecule has 1 aliphatic heterocycles. The van der Waals surface area contributed by atoms with E-state index in [9.17, 15) is 18.3 Å². The number of rotatable bonds is 3. The Hall–Kier alpha value is -1.40. The average molecular weight is 297 g/mol. The summed E-state index contributed by atoms with van der Waals surface area (Å²) in [5, 5.41) is 9.23. The van der Waals surface area contributed by atoms with Crippen molar-refractivity contribution in [3.63, 3.8) is 0 Å². The van der Waals surface area contributed by atoms with Crippen molar-refractivity contribution in [2.45, 2.75) is 44.0 Å². The summed E-state index contributed by atoms with van der Waals surface area (Å²) in [4.78, 5) is 11.5. The van der Waals surface area contributed by atoms with E-state index in [1.165, 1.54) is 0 Å². The first kappa shape index (κ1) is 15.0. The fourth-order valence-electron chi connectivity index (χ4n) is 2.65. The summed E-state index contributed by atoms with van der Waals surface area (Å²) < 4.78 is 26.5. The van der Waals surface area contributed by atoms with Crippen LogP contribution in [0.5, 0.6) is 0 Å². The molecule has 0 aromatic heterocycles. The molecule has 1 heterocycles. The Morgan fingerprint density at radius 2 is 2.00 bits per heavy atom. The molecule has 0 amide bonds. The van der Waals surface area contributed by atoms with Gasteiger partial charge in [0, 0.05) is 6.54 Å². The van der Waals surface area contributed by atoms with E-state index < -0.39 is 22.0 Å². The Morgan fingerprint density at radius 3 is 2.60 bits per heavy atom. The molecule has 1 fully saturated rings. The van der Waals surface area contributed by atoms with E-state index in [0.717, 1.165) is 16.3 Å². The van der Waals surface area contributed by atoms with Crippen molar-refractivity contribution < 1.29 is 18.3 Å². The Balaban J connectivity index is 2.45. The van der Waals surface area contributed by atoms with Gasteiger partial charge in [0.05, 0.1) is 4.90 Å². The third kappa shape index (κ3) is 2.71. The summed E-state index contributed by atoms with van der Waals surface area (Å²) in [6, 6.07) is 4.15. The van der Waals surface area contributed by atoms with Crippen LogP contribution in [0.3, 0.4) is 0 Å². The number of carboxylic acid groups (broad SMARTS) is 1. The SMILES string of the molecule is Cc1ccc(S(=O)(=O)N2CCCC[C@H]2C(=O)O)c(C)c1. The van der Waals surface area contributed by atoms with Crippen molar-refractivity contribution in [3.8, 4) is 0 Å². The van der Waals surface area contributed by atoms with Crippen LogP contribution in [0.1, 0.15) is 30.4 Å². The van der Waals surface area contributed by atoms with Gasteiger partial charge >= 0.3 is 5.97 Å². The maximum absolute atomic E-state index is 12.7. The standard InChI is InChI=1S/C14H19NO4S/c1-10-6-7-13(11(2)9-10)20(18,19)15-8-4-3-5-12(15)14(16)17/h6-7,9,12H,3-5,8H2,1-2H3,(H,16,17)/t12-/m0/s1. The van der Waals surface area contributed by atoms with E-state index in [1.54, 1.807) is 25.1 Å². The summed E-state index contributed by atoms with van der Waals surface area (Å²) >= 11 is 0. The van der Waals surface area contributed by atoms with Crippen LogP contribution in [0.25, 0.3) is 0 Å². The number of aliphatic carboxylic acids is 1. The molecular weight excluding hydrogens is 278 g/mol. The molecule has 0 bridgehead atoms. The van der Waals surface area contributed by atoms with Crippen LogP contribution in [0.4, 0.5) is 0 Å². The maximum Gasteiger partial charge on any atom is 0.322 e. The zero-order valence-corrected chi connectivity index (χ0v) is 12.5. The van der Waals surface area contributed by atoms with E-state index in [1.807, 2.05) is 6.92 Å². The molecule has 20 heavy (non-hydrogen) atoms. The molecular formula is C14H19NO4S. The minimum Gasteiger partial charge on any atom is -0.480 e. The van der Waals surface area contributed by atoms with Crippen LogP contribution >= 0.6 is 0 Å². The first-order valence-electron chi connectivity index (χ1n) is 6.66. The topological polar surface area (TPSA) is 74.7 Å². The van der Waals surface area contributed by atoms with Gasteiger partial charge in [-0.05, 0) is 44.7 Å². The second-order valence-corrected chi connectivity index (χ2v) is 7.09. The first-order valence-corrected chi connectivity index (χ1v) is 8.10. The van der Waals surface area contributed by atoms with E-state index in [4.69, 9.17) is 0 Å². The summed E-state index contributed by atoms with van der Waals surface area (Å²) in [5.74, 6) is -1.07. The van der Waals surface area contributed by atoms with E-state index in [2.05, 4.69) is 0 Å². The highest BCUT2D eigenvalue weighted by Gasteiger charge is 2.38. The highest BCUT2D eigenvalue weighted by Crippen LogP contribution is 2.27.